The Labute approximate surface area is 377 Å². The largest absolute Gasteiger partial charge is 0.480 e. The summed E-state index contributed by atoms with van der Waals surface area (Å²) in [5.74, 6) is -2.00. The van der Waals surface area contributed by atoms with E-state index in [0.717, 1.165) is 83.7 Å². The SMILES string of the molecule is CCCCCCc1cc(-c2sc(-c3ccc(N(c4ccc(C(=O)O)cc4)c4ccc(C(=O)O)cc4)cc3)cc2CCCCCC)sc1/C=C/C1=C(C#N)C(=C(C#N)C#N)OC1(C)C. The molecule has 0 saturated heterocycles. The number of carbonyl (C=O) groups is 2. The van der Waals surface area contributed by atoms with Crippen molar-refractivity contribution in [3.8, 4) is 38.4 Å². The molecular formula is C52H50N4O5S2. The molecule has 1 aliphatic rings. The Hall–Kier alpha value is -6.71. The first-order valence-electron chi connectivity index (χ1n) is 21.3. The maximum absolute atomic E-state index is 11.6. The van der Waals surface area contributed by atoms with Crippen molar-refractivity contribution in [3.63, 3.8) is 0 Å². The maximum atomic E-state index is 11.6. The zero-order valence-electron chi connectivity index (χ0n) is 36.0. The van der Waals surface area contributed by atoms with E-state index in [9.17, 15) is 35.6 Å². The summed E-state index contributed by atoms with van der Waals surface area (Å²) in [6.45, 7) is 8.11. The molecule has 63 heavy (non-hydrogen) atoms. The van der Waals surface area contributed by atoms with Crippen molar-refractivity contribution in [3.05, 3.63) is 141 Å². The highest BCUT2D eigenvalue weighted by Crippen LogP contribution is 2.46. The number of hydrogen-bond acceptors (Lipinski definition) is 9. The molecule has 0 amide bonds. The summed E-state index contributed by atoms with van der Waals surface area (Å²) < 4.78 is 6.05. The van der Waals surface area contributed by atoms with Crippen LogP contribution in [-0.4, -0.2) is 27.8 Å². The highest BCUT2D eigenvalue weighted by atomic mass is 32.1. The molecule has 3 heterocycles. The predicted octanol–water partition coefficient (Wildman–Crippen LogP) is 14.2. The second kappa shape index (κ2) is 20.9. The zero-order chi connectivity index (χ0) is 45.1. The molecule has 2 N–H and O–H groups in total. The van der Waals surface area contributed by atoms with E-state index >= 15 is 0 Å². The molecular weight excluding hydrogens is 825 g/mol. The summed E-state index contributed by atoms with van der Waals surface area (Å²) in [6, 6.07) is 32.1. The van der Waals surface area contributed by atoms with Crippen molar-refractivity contribution in [2.75, 3.05) is 4.90 Å². The lowest BCUT2D eigenvalue weighted by molar-refractivity contribution is 0.0686. The van der Waals surface area contributed by atoms with Gasteiger partial charge < -0.3 is 19.8 Å². The first-order chi connectivity index (χ1) is 30.4. The van der Waals surface area contributed by atoms with Gasteiger partial charge in [0.05, 0.1) is 11.1 Å². The molecule has 9 nitrogen and oxygen atoms in total. The third kappa shape index (κ3) is 10.7. The quantitative estimate of drug-likeness (QED) is 0.0608. The maximum Gasteiger partial charge on any atom is 0.335 e. The normalized spacial score (nSPS) is 13.1. The van der Waals surface area contributed by atoms with Crippen LogP contribution >= 0.6 is 22.7 Å². The smallest absolute Gasteiger partial charge is 0.335 e. The lowest BCUT2D eigenvalue weighted by Gasteiger charge is -2.26. The van der Waals surface area contributed by atoms with Gasteiger partial charge in [-0.15, -0.1) is 22.7 Å². The van der Waals surface area contributed by atoms with Gasteiger partial charge in [-0.3, -0.25) is 0 Å². The Balaban J connectivity index is 1.40. The average molecular weight is 875 g/mol. The number of aromatic carboxylic acids is 2. The van der Waals surface area contributed by atoms with Crippen LogP contribution in [0.3, 0.4) is 0 Å². The molecule has 0 spiro atoms. The van der Waals surface area contributed by atoms with E-state index in [2.05, 4.69) is 50.3 Å². The fourth-order valence-electron chi connectivity index (χ4n) is 7.71. The summed E-state index contributed by atoms with van der Waals surface area (Å²) in [5, 5.41) is 48.4. The van der Waals surface area contributed by atoms with Gasteiger partial charge in [0.25, 0.3) is 0 Å². The van der Waals surface area contributed by atoms with E-state index in [4.69, 9.17) is 4.74 Å². The standard InChI is InChI=1S/C52H50N4O5S2/c1-5-7-9-11-13-37-29-47(62-45(37)28-27-44-43(33-55)48(39(31-53)32-54)61-52(44,3)4)49-38(14-12-10-8-6-2)30-46(63-49)34-15-21-40(22-16-34)56(41-23-17-35(18-24-41)50(57)58)42-25-19-36(20-26-42)51(59)60/h15-30H,5-14H2,1-4H3,(H,57,58)(H,59,60)/b28-27+. The number of nitrogens with zero attached hydrogens (tertiary/aromatic N) is 4. The Kier molecular flexibility index (Phi) is 15.2. The molecule has 1 aliphatic heterocycles. The molecule has 6 rings (SSSR count). The van der Waals surface area contributed by atoms with Crippen LogP contribution in [0.15, 0.2) is 113 Å². The molecule has 320 valence electrons. The number of carboxylic acid groups (broad SMARTS) is 2. The lowest BCUT2D eigenvalue weighted by Crippen LogP contribution is -2.20. The lowest BCUT2D eigenvalue weighted by atomic mass is 9.94. The van der Waals surface area contributed by atoms with Crippen LogP contribution in [0.25, 0.3) is 26.3 Å². The van der Waals surface area contributed by atoms with Gasteiger partial charge in [0.2, 0.25) is 0 Å². The Morgan fingerprint density at radius 2 is 1.19 bits per heavy atom. The van der Waals surface area contributed by atoms with Crippen LogP contribution in [0.1, 0.15) is 116 Å². The van der Waals surface area contributed by atoms with Crippen LogP contribution in [0.2, 0.25) is 0 Å². The molecule has 0 bridgehead atoms. The molecule has 0 aliphatic carbocycles. The summed E-state index contributed by atoms with van der Waals surface area (Å²) in [4.78, 5) is 29.9. The van der Waals surface area contributed by atoms with E-state index < -0.39 is 17.5 Å². The molecule has 0 atom stereocenters. The Bertz CT molecular complexity index is 2610. The Morgan fingerprint density at radius 3 is 1.68 bits per heavy atom. The van der Waals surface area contributed by atoms with E-state index in [1.165, 1.54) is 33.7 Å². The highest BCUT2D eigenvalue weighted by Gasteiger charge is 2.38. The average Bonchev–Trinajstić information content (AvgIpc) is 3.97. The number of ether oxygens (including phenoxy) is 1. The third-order valence-electron chi connectivity index (χ3n) is 11.1. The second-order valence-corrected chi connectivity index (χ2v) is 18.1. The third-order valence-corrected chi connectivity index (χ3v) is 13.6. The minimum absolute atomic E-state index is 0.0298. The first-order valence-corrected chi connectivity index (χ1v) is 23.0. The summed E-state index contributed by atoms with van der Waals surface area (Å²) in [5.41, 5.74) is 5.93. The van der Waals surface area contributed by atoms with E-state index in [1.807, 2.05) is 49.1 Å². The second-order valence-electron chi connectivity index (χ2n) is 15.9. The zero-order valence-corrected chi connectivity index (χ0v) is 37.7. The van der Waals surface area contributed by atoms with E-state index in [-0.39, 0.29) is 28.0 Å². The van der Waals surface area contributed by atoms with E-state index in [1.54, 1.807) is 71.2 Å². The van der Waals surface area contributed by atoms with Crippen LogP contribution < -0.4 is 4.90 Å². The molecule has 2 aromatic heterocycles. The predicted molar refractivity (Wildman–Crippen MR) is 252 cm³/mol. The van der Waals surface area contributed by atoms with Crippen molar-refractivity contribution >= 4 is 57.8 Å². The van der Waals surface area contributed by atoms with Crippen molar-refractivity contribution in [2.24, 2.45) is 0 Å². The van der Waals surface area contributed by atoms with Crippen LogP contribution in [0, 0.1) is 34.0 Å². The Morgan fingerprint density at radius 1 is 0.683 bits per heavy atom. The first kappa shape index (κ1) is 45.8. The van der Waals surface area contributed by atoms with Crippen molar-refractivity contribution in [1.29, 1.82) is 15.8 Å². The van der Waals surface area contributed by atoms with Gasteiger partial charge in [-0.1, -0.05) is 70.6 Å². The van der Waals surface area contributed by atoms with E-state index in [0.29, 0.717) is 5.57 Å². The number of unbranched alkanes of at least 4 members (excludes halogenated alkanes) is 6. The minimum atomic E-state index is -1.02. The number of hydrogen-bond donors (Lipinski definition) is 2. The molecule has 0 saturated carbocycles. The number of thiophene rings is 2. The number of carboxylic acids is 2. The van der Waals surface area contributed by atoms with Crippen LogP contribution in [0.5, 0.6) is 0 Å². The number of allylic oxidation sites excluding steroid dienone is 2. The number of aryl methyl sites for hydroxylation is 2. The molecule has 3 aromatic carbocycles. The highest BCUT2D eigenvalue weighted by molar-refractivity contribution is 7.24. The molecule has 0 fully saturated rings. The number of anilines is 3. The van der Waals surface area contributed by atoms with Gasteiger partial charge in [-0.2, -0.15) is 15.8 Å². The number of nitriles is 3. The fraction of sp³-hybridized carbons (Fsp3) is 0.288. The topological polar surface area (TPSA) is 158 Å². The molecule has 11 heteroatoms. The summed E-state index contributed by atoms with van der Waals surface area (Å²) in [7, 11) is 0. The molecule has 0 unspecified atom stereocenters. The molecule has 5 aromatic rings. The van der Waals surface area contributed by atoms with Crippen molar-refractivity contribution in [1.82, 2.24) is 0 Å². The van der Waals surface area contributed by atoms with Gasteiger partial charge in [-0.05, 0) is 135 Å². The summed E-state index contributed by atoms with van der Waals surface area (Å²) in [6.07, 6.45) is 14.9. The van der Waals surface area contributed by atoms with Crippen LogP contribution in [0.4, 0.5) is 17.1 Å². The minimum Gasteiger partial charge on any atom is -0.480 e. The van der Waals surface area contributed by atoms with Gasteiger partial charge in [0.1, 0.15) is 29.4 Å². The van der Waals surface area contributed by atoms with Gasteiger partial charge >= 0.3 is 11.9 Å². The van der Waals surface area contributed by atoms with Gasteiger partial charge in [0, 0.05) is 42.1 Å². The monoisotopic (exact) mass is 874 g/mol. The number of rotatable bonds is 19. The molecule has 0 radical (unpaired) electrons. The van der Waals surface area contributed by atoms with Crippen LogP contribution in [-0.2, 0) is 17.6 Å². The summed E-state index contributed by atoms with van der Waals surface area (Å²) >= 11 is 3.52. The van der Waals surface area contributed by atoms with Gasteiger partial charge in [-0.25, -0.2) is 9.59 Å². The van der Waals surface area contributed by atoms with Crippen molar-refractivity contribution in [2.45, 2.75) is 97.5 Å². The fourth-order valence-corrected chi connectivity index (χ4v) is 10.2. The van der Waals surface area contributed by atoms with Crippen molar-refractivity contribution < 1.29 is 24.5 Å². The van der Waals surface area contributed by atoms with Gasteiger partial charge in [0.15, 0.2) is 11.3 Å². The number of benzene rings is 3.